The molecule has 1 aliphatic heterocycles. The van der Waals surface area contributed by atoms with E-state index >= 15 is 0 Å². The van der Waals surface area contributed by atoms with Gasteiger partial charge in [0.25, 0.3) is 0 Å². The molecule has 1 heterocycles. The van der Waals surface area contributed by atoms with E-state index in [1.165, 1.54) is 11.8 Å². The van der Waals surface area contributed by atoms with Gasteiger partial charge in [-0.2, -0.15) is 0 Å². The summed E-state index contributed by atoms with van der Waals surface area (Å²) in [5, 5.41) is 3.15. The second kappa shape index (κ2) is 11.0. The second-order valence-corrected chi connectivity index (χ2v) is 9.07. The van der Waals surface area contributed by atoms with Gasteiger partial charge < -0.3 is 9.47 Å². The maximum atomic E-state index is 13.9. The van der Waals surface area contributed by atoms with Crippen molar-refractivity contribution in [1.29, 1.82) is 0 Å². The normalized spacial score (nSPS) is 12.5. The molecule has 36 heavy (non-hydrogen) atoms. The van der Waals surface area contributed by atoms with Crippen LogP contribution in [0.25, 0.3) is 0 Å². The van der Waals surface area contributed by atoms with Gasteiger partial charge in [-0.05, 0) is 46.8 Å². The molecular weight excluding hydrogens is 468 g/mol. The molecular formula is C31H22O4S. The minimum atomic E-state index is -1.04. The Morgan fingerprint density at radius 2 is 1.25 bits per heavy atom. The van der Waals surface area contributed by atoms with E-state index in [1.54, 1.807) is 54.6 Å². The predicted molar refractivity (Wildman–Crippen MR) is 140 cm³/mol. The predicted octanol–water partition coefficient (Wildman–Crippen LogP) is 6.63. The van der Waals surface area contributed by atoms with Crippen molar-refractivity contribution < 1.29 is 19.1 Å². The average molecular weight is 491 g/mol. The highest BCUT2D eigenvalue weighted by atomic mass is 32.2. The Labute approximate surface area is 214 Å². The lowest BCUT2D eigenvalue weighted by molar-refractivity contribution is 0.0797. The highest BCUT2D eigenvalue weighted by Gasteiger charge is 2.36. The minimum Gasteiger partial charge on any atom is -0.454 e. The van der Waals surface area contributed by atoms with Crippen molar-refractivity contribution in [2.75, 3.05) is 6.79 Å². The van der Waals surface area contributed by atoms with Gasteiger partial charge in [0.05, 0.1) is 5.92 Å². The summed E-state index contributed by atoms with van der Waals surface area (Å²) < 4.78 is 11.1. The molecule has 0 radical (unpaired) electrons. The molecule has 5 heteroatoms. The third kappa shape index (κ3) is 5.19. The van der Waals surface area contributed by atoms with Gasteiger partial charge in [0.2, 0.25) is 6.79 Å². The number of ether oxygens (including phenoxy) is 2. The quantitative estimate of drug-likeness (QED) is 0.126. The van der Waals surface area contributed by atoms with Crippen molar-refractivity contribution in [3.8, 4) is 22.7 Å². The number of ketones is 2. The molecule has 0 bridgehead atoms. The second-order valence-electron chi connectivity index (χ2n) is 8.19. The molecule has 0 aromatic heterocycles. The summed E-state index contributed by atoms with van der Waals surface area (Å²) in [6, 6.07) is 33.0. The maximum absolute atomic E-state index is 13.9. The first kappa shape index (κ1) is 23.5. The molecule has 176 valence electrons. The standard InChI is InChI=1S/C31H22O4S/c32-30(22-10-4-1-5-11-22)29(31(33)23-12-6-2-7-13-23)26(18-19-36-25-14-8-3-9-15-25)24-16-17-27-28(20-24)35-21-34-27/h1-17,20,26,29H,21H2. The smallest absolute Gasteiger partial charge is 0.231 e. The van der Waals surface area contributed by atoms with Crippen LogP contribution >= 0.6 is 11.8 Å². The molecule has 0 spiro atoms. The Kier molecular flexibility index (Phi) is 7.16. The third-order valence-corrected chi connectivity index (χ3v) is 6.62. The first-order valence-corrected chi connectivity index (χ1v) is 12.3. The number of hydrogen-bond acceptors (Lipinski definition) is 5. The van der Waals surface area contributed by atoms with Crippen LogP contribution in [0.15, 0.2) is 114 Å². The van der Waals surface area contributed by atoms with Crippen LogP contribution in [0.2, 0.25) is 0 Å². The van der Waals surface area contributed by atoms with Gasteiger partial charge in [-0.1, -0.05) is 90.8 Å². The number of carbonyl (C=O) groups excluding carboxylic acids is 2. The lowest BCUT2D eigenvalue weighted by Gasteiger charge is -2.22. The summed E-state index contributed by atoms with van der Waals surface area (Å²) in [4.78, 5) is 28.8. The van der Waals surface area contributed by atoms with Crippen molar-refractivity contribution in [3.63, 3.8) is 0 Å². The van der Waals surface area contributed by atoms with Gasteiger partial charge in [0, 0.05) is 16.0 Å². The monoisotopic (exact) mass is 490 g/mol. The van der Waals surface area contributed by atoms with Crippen LogP contribution in [-0.4, -0.2) is 18.4 Å². The SMILES string of the molecule is O=C(c1ccccc1)C(C(=O)c1ccccc1)C(C#CSc1ccccc1)c1ccc2c(c1)OCO2. The highest BCUT2D eigenvalue weighted by molar-refractivity contribution is 8.03. The summed E-state index contributed by atoms with van der Waals surface area (Å²) >= 11 is 1.36. The molecule has 5 rings (SSSR count). The van der Waals surface area contributed by atoms with E-state index in [9.17, 15) is 9.59 Å². The number of benzene rings is 4. The van der Waals surface area contributed by atoms with Crippen LogP contribution in [0.5, 0.6) is 11.5 Å². The van der Waals surface area contributed by atoms with E-state index in [1.807, 2.05) is 54.6 Å². The fourth-order valence-corrected chi connectivity index (χ4v) is 4.69. The first-order valence-electron chi connectivity index (χ1n) is 11.5. The zero-order chi connectivity index (χ0) is 24.7. The fourth-order valence-electron chi connectivity index (χ4n) is 4.09. The Hall–Kier alpha value is -4.27. The van der Waals surface area contributed by atoms with Crippen molar-refractivity contribution >= 4 is 23.3 Å². The molecule has 0 saturated heterocycles. The molecule has 4 aromatic rings. The minimum absolute atomic E-state index is 0.133. The summed E-state index contributed by atoms with van der Waals surface area (Å²) in [5.41, 5.74) is 1.66. The van der Waals surface area contributed by atoms with Crippen LogP contribution in [0, 0.1) is 17.1 Å². The van der Waals surface area contributed by atoms with Gasteiger partial charge in [-0.15, -0.1) is 0 Å². The Morgan fingerprint density at radius 1 is 0.694 bits per heavy atom. The molecule has 0 saturated carbocycles. The van der Waals surface area contributed by atoms with Crippen LogP contribution in [0.3, 0.4) is 0 Å². The van der Waals surface area contributed by atoms with Crippen molar-refractivity contribution in [2.45, 2.75) is 10.8 Å². The van der Waals surface area contributed by atoms with E-state index in [0.29, 0.717) is 22.6 Å². The van der Waals surface area contributed by atoms with Crippen LogP contribution in [-0.2, 0) is 0 Å². The van der Waals surface area contributed by atoms with Gasteiger partial charge in [-0.25, -0.2) is 0 Å². The van der Waals surface area contributed by atoms with E-state index in [-0.39, 0.29) is 18.4 Å². The topological polar surface area (TPSA) is 52.6 Å². The van der Waals surface area contributed by atoms with Gasteiger partial charge in [0.1, 0.15) is 5.92 Å². The number of hydrogen-bond donors (Lipinski definition) is 0. The van der Waals surface area contributed by atoms with E-state index < -0.39 is 11.8 Å². The Morgan fingerprint density at radius 3 is 1.86 bits per heavy atom. The van der Waals surface area contributed by atoms with E-state index in [0.717, 1.165) is 10.5 Å². The number of rotatable bonds is 7. The van der Waals surface area contributed by atoms with E-state index in [2.05, 4.69) is 11.2 Å². The molecule has 4 aromatic carbocycles. The number of carbonyl (C=O) groups is 2. The number of Topliss-reactive ketones (excluding diaryl/α,β-unsaturated/α-hetero) is 2. The third-order valence-electron chi connectivity index (χ3n) is 5.90. The molecule has 1 aliphatic rings. The van der Waals surface area contributed by atoms with Crippen molar-refractivity contribution in [3.05, 3.63) is 126 Å². The summed E-state index contributed by atoms with van der Waals surface area (Å²) in [5.74, 6) is 2.17. The summed E-state index contributed by atoms with van der Waals surface area (Å²) in [7, 11) is 0. The van der Waals surface area contributed by atoms with Crippen molar-refractivity contribution in [1.82, 2.24) is 0 Å². The Balaban J connectivity index is 1.61. The number of fused-ring (bicyclic) bond motifs is 1. The lowest BCUT2D eigenvalue weighted by atomic mass is 9.77. The van der Waals surface area contributed by atoms with Gasteiger partial charge in [-0.3, -0.25) is 9.59 Å². The Bertz CT molecular complexity index is 1370. The largest absolute Gasteiger partial charge is 0.454 e. The molecule has 1 atom stereocenters. The summed E-state index contributed by atoms with van der Waals surface area (Å²) in [6.07, 6.45) is 0. The highest BCUT2D eigenvalue weighted by Crippen LogP contribution is 2.38. The molecule has 4 nitrogen and oxygen atoms in total. The molecule has 1 unspecified atom stereocenters. The molecule has 0 amide bonds. The molecule has 0 N–H and O–H groups in total. The maximum Gasteiger partial charge on any atom is 0.231 e. The fraction of sp³-hybridized carbons (Fsp3) is 0.0968. The lowest BCUT2D eigenvalue weighted by Crippen LogP contribution is -2.30. The van der Waals surface area contributed by atoms with E-state index in [4.69, 9.17) is 9.47 Å². The zero-order valence-corrected chi connectivity index (χ0v) is 20.1. The van der Waals surface area contributed by atoms with Crippen molar-refractivity contribution in [2.24, 2.45) is 5.92 Å². The average Bonchev–Trinajstić information content (AvgIpc) is 3.42. The van der Waals surface area contributed by atoms with Gasteiger partial charge in [0.15, 0.2) is 23.1 Å². The van der Waals surface area contributed by atoms with Crippen LogP contribution in [0.4, 0.5) is 0 Å². The number of thioether (sulfide) groups is 1. The van der Waals surface area contributed by atoms with Crippen LogP contribution < -0.4 is 9.47 Å². The molecule has 0 fully saturated rings. The van der Waals surface area contributed by atoms with Gasteiger partial charge >= 0.3 is 0 Å². The van der Waals surface area contributed by atoms with Crippen LogP contribution in [0.1, 0.15) is 32.2 Å². The molecule has 0 aliphatic carbocycles. The first-order chi connectivity index (χ1) is 17.7. The summed E-state index contributed by atoms with van der Waals surface area (Å²) in [6.45, 7) is 0.133. The zero-order valence-electron chi connectivity index (χ0n) is 19.3.